The van der Waals surface area contributed by atoms with Crippen molar-refractivity contribution in [2.45, 2.75) is 69.7 Å². The van der Waals surface area contributed by atoms with E-state index in [-0.39, 0.29) is 22.7 Å². The van der Waals surface area contributed by atoms with E-state index in [4.69, 9.17) is 0 Å². The number of aliphatic carboxylic acids is 1. The average molecular weight is 425 g/mol. The average Bonchev–Trinajstić information content (AvgIpc) is 2.89. The Kier molecular flexibility index (Phi) is 4.43. The molecule has 0 spiro atoms. The second-order valence-electron chi connectivity index (χ2n) is 9.59. The summed E-state index contributed by atoms with van der Waals surface area (Å²) in [6.45, 7) is 4.54. The highest BCUT2D eigenvalue weighted by molar-refractivity contribution is 9.10. The van der Waals surface area contributed by atoms with Gasteiger partial charge in [0.1, 0.15) is 4.83 Å². The lowest BCUT2D eigenvalue weighted by Gasteiger charge is -2.58. The first-order chi connectivity index (χ1) is 12.2. The Morgan fingerprint density at radius 3 is 2.65 bits per heavy atom. The number of carbonyl (C=O) groups excluding carboxylic acids is 1. The van der Waals surface area contributed by atoms with E-state index in [0.717, 1.165) is 38.5 Å². The van der Waals surface area contributed by atoms with E-state index in [1.807, 2.05) is 0 Å². The number of ketones is 1. The molecule has 2 N–H and O–H groups in total. The highest BCUT2D eigenvalue weighted by Gasteiger charge is 2.59. The Balaban J connectivity index is 1.67. The van der Waals surface area contributed by atoms with Crippen LogP contribution in [0.3, 0.4) is 0 Å². The number of aliphatic hydroxyl groups is 1. The van der Waals surface area contributed by atoms with Gasteiger partial charge in [-0.15, -0.1) is 0 Å². The van der Waals surface area contributed by atoms with Crippen LogP contribution in [-0.2, 0) is 9.59 Å². The first-order valence-electron chi connectivity index (χ1n) is 9.98. The number of alkyl halides is 1. The third-order valence-corrected chi connectivity index (χ3v) is 9.63. The van der Waals surface area contributed by atoms with Crippen LogP contribution in [0.4, 0.5) is 0 Å². The maximum atomic E-state index is 12.6. The highest BCUT2D eigenvalue weighted by atomic mass is 79.9. The van der Waals surface area contributed by atoms with E-state index >= 15 is 0 Å². The van der Waals surface area contributed by atoms with Crippen LogP contribution in [0.25, 0.3) is 0 Å². The summed E-state index contributed by atoms with van der Waals surface area (Å²) in [5, 5.41) is 20.0. The molecule has 0 bridgehead atoms. The summed E-state index contributed by atoms with van der Waals surface area (Å²) in [6, 6.07) is 0. The first kappa shape index (κ1) is 18.7. The number of carboxylic acids is 1. The van der Waals surface area contributed by atoms with Gasteiger partial charge in [-0.1, -0.05) is 35.4 Å². The predicted octanol–water partition coefficient (Wildman–Crippen LogP) is 3.95. The molecule has 0 radical (unpaired) electrons. The molecule has 4 nitrogen and oxygen atoms in total. The fourth-order valence-electron chi connectivity index (χ4n) is 7.07. The van der Waals surface area contributed by atoms with E-state index < -0.39 is 16.7 Å². The maximum absolute atomic E-state index is 12.6. The Labute approximate surface area is 163 Å². The molecule has 0 saturated heterocycles. The van der Waals surface area contributed by atoms with Gasteiger partial charge in [0.05, 0.1) is 6.10 Å². The fourth-order valence-corrected chi connectivity index (χ4v) is 7.52. The standard InChI is InChI=1S/C21H29BrO4/c1-20-8-7-15-12(14(20)5-6-17(20)24)4-3-11-9-16(23)13(10-21(11,15)2)18(22)19(25)26/h9,12-15,17-18,24H,3-8,10H2,1-2H3,(H,25,26)/t12-,13?,14-,15-,17-,18?,20-,21-/m0/s1. The lowest BCUT2D eigenvalue weighted by molar-refractivity contribution is -0.140. The number of hydrogen-bond acceptors (Lipinski definition) is 3. The normalized spacial score (nSPS) is 48.8. The van der Waals surface area contributed by atoms with Gasteiger partial charge in [-0.2, -0.15) is 0 Å². The van der Waals surface area contributed by atoms with E-state index in [1.165, 1.54) is 5.57 Å². The summed E-state index contributed by atoms with van der Waals surface area (Å²) in [5.74, 6) is 0.173. The summed E-state index contributed by atoms with van der Waals surface area (Å²) in [4.78, 5) is 23.2. The van der Waals surface area contributed by atoms with Crippen molar-refractivity contribution in [1.29, 1.82) is 0 Å². The molecular weight excluding hydrogens is 396 g/mol. The molecule has 4 rings (SSSR count). The van der Waals surface area contributed by atoms with Gasteiger partial charge < -0.3 is 10.2 Å². The van der Waals surface area contributed by atoms with Gasteiger partial charge in [-0.05, 0) is 79.6 Å². The van der Waals surface area contributed by atoms with Crippen molar-refractivity contribution in [1.82, 2.24) is 0 Å². The molecule has 26 heavy (non-hydrogen) atoms. The van der Waals surface area contributed by atoms with Gasteiger partial charge >= 0.3 is 5.97 Å². The van der Waals surface area contributed by atoms with Gasteiger partial charge in [0.25, 0.3) is 0 Å². The zero-order chi connectivity index (χ0) is 18.9. The second-order valence-corrected chi connectivity index (χ2v) is 10.6. The van der Waals surface area contributed by atoms with E-state index in [2.05, 4.69) is 29.8 Å². The number of allylic oxidation sites excluding steroid dienone is 1. The van der Waals surface area contributed by atoms with Crippen molar-refractivity contribution >= 4 is 27.7 Å². The van der Waals surface area contributed by atoms with Crippen LogP contribution >= 0.6 is 15.9 Å². The van der Waals surface area contributed by atoms with Crippen LogP contribution in [0.15, 0.2) is 11.6 Å². The largest absolute Gasteiger partial charge is 0.480 e. The Hall–Kier alpha value is -0.680. The molecule has 0 aliphatic heterocycles. The molecule has 0 amide bonds. The second kappa shape index (κ2) is 6.16. The Morgan fingerprint density at radius 1 is 1.23 bits per heavy atom. The van der Waals surface area contributed by atoms with E-state index in [1.54, 1.807) is 6.08 Å². The first-order valence-corrected chi connectivity index (χ1v) is 10.9. The number of halogens is 1. The number of aliphatic hydroxyl groups excluding tert-OH is 1. The minimum Gasteiger partial charge on any atom is -0.480 e. The minimum atomic E-state index is -0.953. The van der Waals surface area contributed by atoms with Crippen LogP contribution in [0.5, 0.6) is 0 Å². The molecule has 4 aliphatic carbocycles. The zero-order valence-corrected chi connectivity index (χ0v) is 17.2. The van der Waals surface area contributed by atoms with Gasteiger partial charge in [0.15, 0.2) is 5.78 Å². The highest BCUT2D eigenvalue weighted by Crippen LogP contribution is 2.65. The third kappa shape index (κ3) is 2.49. The van der Waals surface area contributed by atoms with Crippen molar-refractivity contribution in [2.75, 3.05) is 0 Å². The Bertz CT molecular complexity index is 673. The number of rotatable bonds is 2. The molecule has 2 unspecified atom stereocenters. The molecule has 0 aromatic heterocycles. The number of carbonyl (C=O) groups is 2. The van der Waals surface area contributed by atoms with Crippen LogP contribution in [0, 0.1) is 34.5 Å². The zero-order valence-electron chi connectivity index (χ0n) is 15.6. The quantitative estimate of drug-likeness (QED) is 0.657. The lowest BCUT2D eigenvalue weighted by Crippen LogP contribution is -2.53. The van der Waals surface area contributed by atoms with Crippen LogP contribution in [0.1, 0.15) is 58.8 Å². The molecule has 144 valence electrons. The smallest absolute Gasteiger partial charge is 0.318 e. The maximum Gasteiger partial charge on any atom is 0.318 e. The molecular formula is C21H29BrO4. The summed E-state index contributed by atoms with van der Waals surface area (Å²) < 4.78 is 0. The van der Waals surface area contributed by atoms with Crippen LogP contribution in [0.2, 0.25) is 0 Å². The van der Waals surface area contributed by atoms with Crippen molar-refractivity contribution < 1.29 is 19.8 Å². The summed E-state index contributed by atoms with van der Waals surface area (Å²) in [5.41, 5.74) is 1.20. The van der Waals surface area contributed by atoms with Gasteiger partial charge in [0.2, 0.25) is 0 Å². The number of hydrogen-bond donors (Lipinski definition) is 2. The Morgan fingerprint density at radius 2 is 1.96 bits per heavy atom. The SMILES string of the molecule is C[C@]12CC[C@H]3[C@@H](CCC4=CC(=O)C(C(Br)C(=O)O)C[C@@]43C)[C@@H]1CC[C@@H]2O. The van der Waals surface area contributed by atoms with Crippen LogP contribution < -0.4 is 0 Å². The van der Waals surface area contributed by atoms with Gasteiger partial charge in [-0.25, -0.2) is 0 Å². The predicted molar refractivity (Wildman–Crippen MR) is 102 cm³/mol. The molecule has 0 heterocycles. The fraction of sp³-hybridized carbons (Fsp3) is 0.810. The summed E-state index contributed by atoms with van der Waals surface area (Å²) in [7, 11) is 0. The van der Waals surface area contributed by atoms with E-state index in [0.29, 0.717) is 24.2 Å². The number of carboxylic acid groups (broad SMARTS) is 1. The molecule has 8 atom stereocenters. The van der Waals surface area contributed by atoms with Crippen LogP contribution in [-0.4, -0.2) is 32.9 Å². The van der Waals surface area contributed by atoms with E-state index in [9.17, 15) is 19.8 Å². The lowest BCUT2D eigenvalue weighted by atomic mass is 9.46. The number of fused-ring (bicyclic) bond motifs is 5. The summed E-state index contributed by atoms with van der Waals surface area (Å²) in [6.07, 6.45) is 8.40. The topological polar surface area (TPSA) is 74.6 Å². The molecule has 5 heteroatoms. The summed E-state index contributed by atoms with van der Waals surface area (Å²) >= 11 is 3.25. The van der Waals surface area contributed by atoms with Gasteiger partial charge in [0, 0.05) is 5.92 Å². The molecule has 3 fully saturated rings. The van der Waals surface area contributed by atoms with Crippen molar-refractivity contribution in [3.05, 3.63) is 11.6 Å². The van der Waals surface area contributed by atoms with Crippen molar-refractivity contribution in [3.8, 4) is 0 Å². The molecule has 0 aromatic rings. The van der Waals surface area contributed by atoms with Crippen molar-refractivity contribution in [2.24, 2.45) is 34.5 Å². The van der Waals surface area contributed by atoms with Gasteiger partial charge in [-0.3, -0.25) is 9.59 Å². The molecule has 4 aliphatic rings. The molecule has 0 aromatic carbocycles. The minimum absolute atomic E-state index is 0.0304. The van der Waals surface area contributed by atoms with Crippen molar-refractivity contribution in [3.63, 3.8) is 0 Å². The molecule has 3 saturated carbocycles. The third-order valence-electron chi connectivity index (χ3n) is 8.60. The monoisotopic (exact) mass is 424 g/mol.